The molecule has 0 bridgehead atoms. The number of aryl methyl sites for hydroxylation is 1. The summed E-state index contributed by atoms with van der Waals surface area (Å²) >= 11 is 0. The smallest absolute Gasteiger partial charge is 0.318 e. The Kier molecular flexibility index (Phi) is 8.34. The lowest BCUT2D eigenvalue weighted by atomic mass is 9.96. The molecule has 42 heavy (non-hydrogen) atoms. The van der Waals surface area contributed by atoms with Gasteiger partial charge in [-0.1, -0.05) is 18.2 Å². The SMILES string of the molecule is Cc1cccc(N2CCc3c(nc(OC[C@@H]4CCCN4C)nc3N3CC[C@H](CC#N)N(C(=O)C4=CCC4)CC3)C2)c1C. The lowest BCUT2D eigenvalue weighted by Gasteiger charge is -2.34. The zero-order chi connectivity index (χ0) is 29.2. The number of ether oxygens (including phenoxy) is 1. The third-order valence-electron chi connectivity index (χ3n) is 9.77. The van der Waals surface area contributed by atoms with Crippen LogP contribution in [-0.4, -0.2) is 84.1 Å². The van der Waals surface area contributed by atoms with Gasteiger partial charge in [0.15, 0.2) is 0 Å². The molecule has 9 nitrogen and oxygen atoms in total. The van der Waals surface area contributed by atoms with E-state index in [1.165, 1.54) is 28.8 Å². The molecule has 2 aromatic rings. The number of nitriles is 1. The summed E-state index contributed by atoms with van der Waals surface area (Å²) in [5.74, 6) is 1.03. The molecule has 0 spiro atoms. The Hall–Kier alpha value is -3.64. The van der Waals surface area contributed by atoms with E-state index in [4.69, 9.17) is 14.7 Å². The van der Waals surface area contributed by atoms with Crippen molar-refractivity contribution >= 4 is 17.4 Å². The van der Waals surface area contributed by atoms with E-state index in [1.807, 2.05) is 11.0 Å². The zero-order valence-corrected chi connectivity index (χ0v) is 25.3. The number of likely N-dealkylation sites (tertiary alicyclic amines) is 1. The molecule has 1 aromatic carbocycles. The van der Waals surface area contributed by atoms with Gasteiger partial charge in [0.05, 0.1) is 24.7 Å². The molecule has 1 amide bonds. The minimum absolute atomic E-state index is 0.0833. The number of allylic oxidation sites excluding steroid dienone is 1. The number of hydrogen-bond acceptors (Lipinski definition) is 8. The molecule has 2 atom stereocenters. The molecule has 0 saturated carbocycles. The number of nitrogens with zero attached hydrogens (tertiary/aromatic N) is 7. The number of amides is 1. The van der Waals surface area contributed by atoms with Crippen LogP contribution in [0.15, 0.2) is 29.8 Å². The molecule has 4 aliphatic rings. The van der Waals surface area contributed by atoms with E-state index in [-0.39, 0.29) is 11.9 Å². The Morgan fingerprint density at radius 1 is 1.05 bits per heavy atom. The number of aromatic nitrogens is 2. The molecular weight excluding hydrogens is 526 g/mol. The molecule has 0 radical (unpaired) electrons. The summed E-state index contributed by atoms with van der Waals surface area (Å²) in [5, 5.41) is 9.56. The van der Waals surface area contributed by atoms with E-state index in [0.29, 0.717) is 44.7 Å². The van der Waals surface area contributed by atoms with E-state index in [1.54, 1.807) is 0 Å². The highest BCUT2D eigenvalue weighted by Crippen LogP contribution is 2.34. The molecular formula is C33H43N7O2. The summed E-state index contributed by atoms with van der Waals surface area (Å²) in [6.07, 6.45) is 8.09. The maximum atomic E-state index is 13.3. The second-order valence-electron chi connectivity index (χ2n) is 12.3. The summed E-state index contributed by atoms with van der Waals surface area (Å²) in [6.45, 7) is 9.63. The highest BCUT2D eigenvalue weighted by molar-refractivity contribution is 5.95. The van der Waals surface area contributed by atoms with Crippen molar-refractivity contribution in [2.75, 3.05) is 56.2 Å². The van der Waals surface area contributed by atoms with Gasteiger partial charge in [0, 0.05) is 55.1 Å². The lowest BCUT2D eigenvalue weighted by Crippen LogP contribution is -2.42. The first-order chi connectivity index (χ1) is 20.4. The van der Waals surface area contributed by atoms with Gasteiger partial charge in [-0.2, -0.15) is 15.2 Å². The number of benzene rings is 1. The normalized spacial score (nSPS) is 22.6. The van der Waals surface area contributed by atoms with Crippen molar-refractivity contribution in [1.29, 1.82) is 5.26 Å². The number of rotatable bonds is 7. The van der Waals surface area contributed by atoms with E-state index in [9.17, 15) is 10.1 Å². The van der Waals surface area contributed by atoms with Gasteiger partial charge < -0.3 is 24.3 Å². The number of fused-ring (bicyclic) bond motifs is 1. The van der Waals surface area contributed by atoms with Crippen LogP contribution in [0.1, 0.15) is 60.9 Å². The van der Waals surface area contributed by atoms with Crippen molar-refractivity contribution < 1.29 is 9.53 Å². The molecule has 1 aromatic heterocycles. The zero-order valence-electron chi connectivity index (χ0n) is 25.3. The quantitative estimate of drug-likeness (QED) is 0.491. The van der Waals surface area contributed by atoms with E-state index in [0.717, 1.165) is 68.8 Å². The van der Waals surface area contributed by atoms with Crippen LogP contribution in [0.3, 0.4) is 0 Å². The molecule has 0 N–H and O–H groups in total. The Morgan fingerprint density at radius 2 is 1.90 bits per heavy atom. The number of carbonyl (C=O) groups is 1. The van der Waals surface area contributed by atoms with Crippen molar-refractivity contribution in [2.24, 2.45) is 0 Å². The molecule has 2 saturated heterocycles. The molecule has 222 valence electrons. The Bertz CT molecular complexity index is 1400. The van der Waals surface area contributed by atoms with Crippen LogP contribution < -0.4 is 14.5 Å². The summed E-state index contributed by atoms with van der Waals surface area (Å²) in [4.78, 5) is 32.4. The average molecular weight is 570 g/mol. The molecule has 2 fully saturated rings. The van der Waals surface area contributed by atoms with Crippen LogP contribution in [0.2, 0.25) is 0 Å². The van der Waals surface area contributed by atoms with Crippen LogP contribution in [0.25, 0.3) is 0 Å². The first-order valence-electron chi connectivity index (χ1n) is 15.6. The fraction of sp³-hybridized carbons (Fsp3) is 0.576. The summed E-state index contributed by atoms with van der Waals surface area (Å²) in [7, 11) is 2.16. The summed E-state index contributed by atoms with van der Waals surface area (Å²) in [5.41, 5.74) is 6.94. The number of anilines is 2. The lowest BCUT2D eigenvalue weighted by molar-refractivity contribution is -0.129. The van der Waals surface area contributed by atoms with Crippen LogP contribution >= 0.6 is 0 Å². The first kappa shape index (κ1) is 28.5. The van der Waals surface area contributed by atoms with Gasteiger partial charge in [-0.05, 0) is 83.2 Å². The highest BCUT2D eigenvalue weighted by Gasteiger charge is 2.33. The van der Waals surface area contributed by atoms with Crippen LogP contribution in [0, 0.1) is 25.2 Å². The molecule has 1 aliphatic carbocycles. The minimum Gasteiger partial charge on any atom is -0.462 e. The van der Waals surface area contributed by atoms with Gasteiger partial charge in [-0.3, -0.25) is 4.79 Å². The Labute approximate surface area is 249 Å². The third kappa shape index (κ3) is 5.69. The van der Waals surface area contributed by atoms with Gasteiger partial charge in [0.25, 0.3) is 0 Å². The monoisotopic (exact) mass is 569 g/mol. The van der Waals surface area contributed by atoms with Crippen molar-refractivity contribution in [1.82, 2.24) is 19.8 Å². The van der Waals surface area contributed by atoms with Gasteiger partial charge in [0.1, 0.15) is 12.4 Å². The Morgan fingerprint density at radius 3 is 2.64 bits per heavy atom. The predicted molar refractivity (Wildman–Crippen MR) is 164 cm³/mol. The topological polar surface area (TPSA) is 88.8 Å². The molecule has 4 heterocycles. The third-order valence-corrected chi connectivity index (χ3v) is 9.77. The van der Waals surface area contributed by atoms with E-state index >= 15 is 0 Å². The van der Waals surface area contributed by atoms with Crippen LogP contribution in [-0.2, 0) is 17.8 Å². The maximum absolute atomic E-state index is 13.3. The largest absolute Gasteiger partial charge is 0.462 e. The van der Waals surface area contributed by atoms with Crippen LogP contribution in [0.5, 0.6) is 6.01 Å². The van der Waals surface area contributed by atoms with Gasteiger partial charge >= 0.3 is 6.01 Å². The fourth-order valence-electron chi connectivity index (χ4n) is 6.81. The molecule has 9 heteroatoms. The summed E-state index contributed by atoms with van der Waals surface area (Å²) in [6, 6.07) is 9.57. The van der Waals surface area contributed by atoms with Gasteiger partial charge in [0.2, 0.25) is 5.91 Å². The van der Waals surface area contributed by atoms with Crippen molar-refractivity contribution in [2.45, 2.75) is 77.4 Å². The van der Waals surface area contributed by atoms with Crippen molar-refractivity contribution in [3.8, 4) is 12.1 Å². The molecule has 6 rings (SSSR count). The van der Waals surface area contributed by atoms with Gasteiger partial charge in [-0.15, -0.1) is 0 Å². The Balaban J connectivity index is 1.29. The standard InChI is InChI=1S/C33H43N7O2/c1-23-7-4-11-30(24(23)2)39-18-14-28-29(21-39)35-33(42-22-27-10-6-16-37(27)3)36-31(28)38-17-13-26(12-15-34)40(20-19-38)32(41)25-8-5-9-25/h4,7-8,11,26-27H,5-6,9-10,12-14,16-22H2,1-3H3/t26-,27-/m0/s1. The number of hydrogen-bond donors (Lipinski definition) is 0. The average Bonchev–Trinajstić information content (AvgIpc) is 3.25. The van der Waals surface area contributed by atoms with Crippen LogP contribution in [0.4, 0.5) is 11.5 Å². The second kappa shape index (κ2) is 12.3. The minimum atomic E-state index is -0.0833. The maximum Gasteiger partial charge on any atom is 0.318 e. The molecule has 0 unspecified atom stereocenters. The fourth-order valence-corrected chi connectivity index (χ4v) is 6.81. The van der Waals surface area contributed by atoms with E-state index < -0.39 is 0 Å². The second-order valence-corrected chi connectivity index (χ2v) is 12.3. The van der Waals surface area contributed by atoms with Crippen molar-refractivity contribution in [3.63, 3.8) is 0 Å². The predicted octanol–water partition coefficient (Wildman–Crippen LogP) is 4.17. The van der Waals surface area contributed by atoms with Gasteiger partial charge in [-0.25, -0.2) is 0 Å². The number of carbonyl (C=O) groups excluding carboxylic acids is 1. The first-order valence-corrected chi connectivity index (χ1v) is 15.6. The summed E-state index contributed by atoms with van der Waals surface area (Å²) < 4.78 is 6.32. The highest BCUT2D eigenvalue weighted by atomic mass is 16.5. The van der Waals surface area contributed by atoms with E-state index in [2.05, 4.69) is 59.9 Å². The van der Waals surface area contributed by atoms with Crippen molar-refractivity contribution in [3.05, 3.63) is 52.2 Å². The number of likely N-dealkylation sites (N-methyl/N-ethyl adjacent to an activating group) is 1. The molecule has 3 aliphatic heterocycles.